The maximum atomic E-state index is 12.4. The number of non-ortho nitro benzene ring substituents is 1. The molecule has 0 aliphatic rings. The van der Waals surface area contributed by atoms with E-state index in [1.807, 2.05) is 36.6 Å². The summed E-state index contributed by atoms with van der Waals surface area (Å²) in [5.74, 6) is 0.508. The van der Waals surface area contributed by atoms with Gasteiger partial charge in [-0.15, -0.1) is 11.3 Å². The summed E-state index contributed by atoms with van der Waals surface area (Å²) >= 11 is 1.34. The van der Waals surface area contributed by atoms with E-state index in [9.17, 15) is 14.9 Å². The molecule has 3 rings (SSSR count). The van der Waals surface area contributed by atoms with E-state index in [-0.39, 0.29) is 24.0 Å². The Kier molecular flexibility index (Phi) is 6.63. The molecule has 0 bridgehead atoms. The molecular formula is C21H21N3O5S. The minimum absolute atomic E-state index is 0.0816. The Morgan fingerprint density at radius 3 is 2.67 bits per heavy atom. The third-order valence-electron chi connectivity index (χ3n) is 4.39. The topological polar surface area (TPSA) is 94.8 Å². The molecule has 0 spiro atoms. The molecule has 30 heavy (non-hydrogen) atoms. The highest BCUT2D eigenvalue weighted by Crippen LogP contribution is 2.34. The first-order valence-corrected chi connectivity index (χ1v) is 10.1. The van der Waals surface area contributed by atoms with Crippen LogP contribution in [0.15, 0.2) is 47.8 Å². The van der Waals surface area contributed by atoms with Gasteiger partial charge in [0.05, 0.1) is 29.5 Å². The number of benzene rings is 2. The molecule has 156 valence electrons. The molecule has 0 aliphatic carbocycles. The van der Waals surface area contributed by atoms with Crippen LogP contribution in [0.25, 0.3) is 0 Å². The second-order valence-electron chi connectivity index (χ2n) is 6.34. The van der Waals surface area contributed by atoms with Gasteiger partial charge >= 0.3 is 0 Å². The number of para-hydroxylation sites is 1. The minimum Gasteiger partial charge on any atom is -0.493 e. The van der Waals surface area contributed by atoms with Crippen molar-refractivity contribution in [3.05, 3.63) is 69.2 Å². The van der Waals surface area contributed by atoms with Gasteiger partial charge in [-0.1, -0.05) is 25.1 Å². The Hall–Kier alpha value is -3.46. The molecule has 3 aromatic rings. The normalized spacial score (nSPS) is 10.5. The number of amides is 1. The second kappa shape index (κ2) is 9.36. The molecule has 0 N–H and O–H groups in total. The van der Waals surface area contributed by atoms with Crippen molar-refractivity contribution in [2.75, 3.05) is 12.0 Å². The van der Waals surface area contributed by atoms with E-state index in [2.05, 4.69) is 4.98 Å². The summed E-state index contributed by atoms with van der Waals surface area (Å²) in [5.41, 5.74) is 2.42. The maximum Gasteiger partial charge on any atom is 0.273 e. The van der Waals surface area contributed by atoms with Crippen LogP contribution in [0.1, 0.15) is 25.1 Å². The number of hydrogen-bond donors (Lipinski definition) is 0. The Morgan fingerprint density at radius 1 is 1.23 bits per heavy atom. The van der Waals surface area contributed by atoms with Crippen LogP contribution in [0.2, 0.25) is 0 Å². The van der Waals surface area contributed by atoms with Crippen molar-refractivity contribution < 1.29 is 19.2 Å². The van der Waals surface area contributed by atoms with Gasteiger partial charge < -0.3 is 9.47 Å². The number of rotatable bonds is 8. The van der Waals surface area contributed by atoms with Crippen LogP contribution < -0.4 is 14.4 Å². The second-order valence-corrected chi connectivity index (χ2v) is 7.18. The van der Waals surface area contributed by atoms with Crippen LogP contribution in [0, 0.1) is 10.1 Å². The number of anilines is 2. The number of nitro benzene ring substituents is 1. The fourth-order valence-electron chi connectivity index (χ4n) is 2.94. The molecule has 0 atom stereocenters. The summed E-state index contributed by atoms with van der Waals surface area (Å²) in [6.07, 6.45) is 0.793. The molecule has 0 fully saturated rings. The standard InChI is InChI=1S/C21H21N3O5S/c1-4-15-7-5-6-8-18(15)23(14(2)25)21-22-16(13-30-21)12-29-19-10-9-17(24(26)27)11-20(19)28-3/h5-11,13H,4,12H2,1-3H3. The molecule has 2 aromatic carbocycles. The lowest BCUT2D eigenvalue weighted by molar-refractivity contribution is -0.385. The molecule has 0 radical (unpaired) electrons. The van der Waals surface area contributed by atoms with Gasteiger partial charge in [-0.3, -0.25) is 19.8 Å². The molecule has 0 saturated heterocycles. The quantitative estimate of drug-likeness (QED) is 0.375. The lowest BCUT2D eigenvalue weighted by Gasteiger charge is -2.21. The molecule has 0 unspecified atom stereocenters. The van der Waals surface area contributed by atoms with Crippen molar-refractivity contribution >= 4 is 33.8 Å². The molecule has 0 saturated carbocycles. The van der Waals surface area contributed by atoms with E-state index in [0.29, 0.717) is 16.6 Å². The predicted molar refractivity (Wildman–Crippen MR) is 115 cm³/mol. The third kappa shape index (κ3) is 4.57. The van der Waals surface area contributed by atoms with Crippen molar-refractivity contribution in [1.29, 1.82) is 0 Å². The Morgan fingerprint density at radius 2 is 2.00 bits per heavy atom. The van der Waals surface area contributed by atoms with Gasteiger partial charge in [0.1, 0.15) is 6.61 Å². The van der Waals surface area contributed by atoms with Crippen LogP contribution in [0.5, 0.6) is 11.5 Å². The van der Waals surface area contributed by atoms with E-state index in [0.717, 1.165) is 17.7 Å². The molecule has 1 aromatic heterocycles. The number of carbonyl (C=O) groups excluding carboxylic acids is 1. The van der Waals surface area contributed by atoms with Crippen LogP contribution in [-0.2, 0) is 17.8 Å². The van der Waals surface area contributed by atoms with Crippen LogP contribution in [0.3, 0.4) is 0 Å². The predicted octanol–water partition coefficient (Wildman–Crippen LogP) is 4.89. The Bertz CT molecular complexity index is 1070. The lowest BCUT2D eigenvalue weighted by atomic mass is 10.1. The number of nitrogens with zero attached hydrogens (tertiary/aromatic N) is 3. The van der Waals surface area contributed by atoms with Gasteiger partial charge in [0.15, 0.2) is 16.6 Å². The summed E-state index contributed by atoms with van der Waals surface area (Å²) in [6.45, 7) is 3.67. The van der Waals surface area contributed by atoms with Crippen molar-refractivity contribution in [2.24, 2.45) is 0 Å². The number of aryl methyl sites for hydroxylation is 1. The van der Waals surface area contributed by atoms with Crippen molar-refractivity contribution in [1.82, 2.24) is 4.98 Å². The van der Waals surface area contributed by atoms with Gasteiger partial charge in [-0.05, 0) is 24.1 Å². The highest BCUT2D eigenvalue weighted by Gasteiger charge is 2.20. The van der Waals surface area contributed by atoms with Gasteiger partial charge in [-0.25, -0.2) is 4.98 Å². The fraction of sp³-hybridized carbons (Fsp3) is 0.238. The highest BCUT2D eigenvalue weighted by atomic mass is 32.1. The number of hydrogen-bond acceptors (Lipinski definition) is 7. The van der Waals surface area contributed by atoms with E-state index >= 15 is 0 Å². The smallest absolute Gasteiger partial charge is 0.273 e. The van der Waals surface area contributed by atoms with Crippen molar-refractivity contribution in [3.8, 4) is 11.5 Å². The van der Waals surface area contributed by atoms with Crippen molar-refractivity contribution in [3.63, 3.8) is 0 Å². The number of ether oxygens (including phenoxy) is 2. The van der Waals surface area contributed by atoms with Gasteiger partial charge in [0, 0.05) is 18.4 Å². The molecule has 8 nitrogen and oxygen atoms in total. The average molecular weight is 427 g/mol. The minimum atomic E-state index is -0.497. The first kappa shape index (κ1) is 21.3. The maximum absolute atomic E-state index is 12.4. The zero-order valence-corrected chi connectivity index (χ0v) is 17.6. The summed E-state index contributed by atoms with van der Waals surface area (Å²) in [4.78, 5) is 28.9. The van der Waals surface area contributed by atoms with Crippen molar-refractivity contribution in [2.45, 2.75) is 26.9 Å². The Balaban J connectivity index is 1.80. The van der Waals surface area contributed by atoms with Crippen LogP contribution in [0.4, 0.5) is 16.5 Å². The molecule has 1 amide bonds. The van der Waals surface area contributed by atoms with Crippen LogP contribution >= 0.6 is 11.3 Å². The number of thiazole rings is 1. The molecule has 9 heteroatoms. The average Bonchev–Trinajstić information content (AvgIpc) is 3.20. The van der Waals surface area contributed by atoms with Gasteiger partial charge in [0.2, 0.25) is 5.91 Å². The number of methoxy groups -OCH3 is 1. The monoisotopic (exact) mass is 427 g/mol. The molecular weight excluding hydrogens is 406 g/mol. The lowest BCUT2D eigenvalue weighted by Crippen LogP contribution is -2.23. The summed E-state index contributed by atoms with van der Waals surface area (Å²) in [5, 5.41) is 13.3. The SMILES string of the molecule is CCc1ccccc1N(C(C)=O)c1nc(COc2ccc([N+](=O)[O-])cc2OC)cs1. The third-order valence-corrected chi connectivity index (χ3v) is 5.27. The Labute approximate surface area is 177 Å². The number of nitro groups is 1. The van der Waals surface area contributed by atoms with E-state index in [1.165, 1.54) is 43.6 Å². The highest BCUT2D eigenvalue weighted by molar-refractivity contribution is 7.14. The summed E-state index contributed by atoms with van der Waals surface area (Å²) in [6, 6.07) is 11.9. The summed E-state index contributed by atoms with van der Waals surface area (Å²) in [7, 11) is 1.42. The molecule has 1 heterocycles. The van der Waals surface area contributed by atoms with E-state index < -0.39 is 4.92 Å². The first-order chi connectivity index (χ1) is 14.4. The first-order valence-electron chi connectivity index (χ1n) is 9.22. The zero-order chi connectivity index (χ0) is 21.7. The van der Waals surface area contributed by atoms with Crippen LogP contribution in [-0.4, -0.2) is 22.9 Å². The summed E-state index contributed by atoms with van der Waals surface area (Å²) < 4.78 is 10.9. The van der Waals surface area contributed by atoms with E-state index in [4.69, 9.17) is 9.47 Å². The number of carbonyl (C=O) groups is 1. The number of aromatic nitrogens is 1. The van der Waals surface area contributed by atoms with Gasteiger partial charge in [0.25, 0.3) is 5.69 Å². The fourth-order valence-corrected chi connectivity index (χ4v) is 3.81. The zero-order valence-electron chi connectivity index (χ0n) is 16.8. The largest absolute Gasteiger partial charge is 0.493 e. The van der Waals surface area contributed by atoms with E-state index in [1.54, 1.807) is 4.90 Å². The van der Waals surface area contributed by atoms with Gasteiger partial charge in [-0.2, -0.15) is 0 Å². The molecule has 0 aliphatic heterocycles.